The van der Waals surface area contributed by atoms with E-state index in [9.17, 15) is 9.90 Å². The molecule has 30 heavy (non-hydrogen) atoms. The maximum atomic E-state index is 11.4. The predicted octanol–water partition coefficient (Wildman–Crippen LogP) is 3.43. The maximum absolute atomic E-state index is 11.4. The monoisotopic (exact) mass is 405 g/mol. The second-order valence-corrected chi connectivity index (χ2v) is 8.63. The van der Waals surface area contributed by atoms with Gasteiger partial charge in [-0.1, -0.05) is 19.1 Å². The number of carbonyl (C=O) groups is 1. The van der Waals surface area contributed by atoms with Crippen molar-refractivity contribution in [3.63, 3.8) is 0 Å². The standard InChI is InChI=1S/C23H27N5O2/c1-14(2)27(4)13-19-21(23(3)9-8-16-12-24-28(5)20(16)11-23)26-17-7-6-15(22(29)30)10-18(17)25-19/h6-10,12,14H,11,13H2,1-5H3,(H,29,30). The molecular weight excluding hydrogens is 378 g/mol. The summed E-state index contributed by atoms with van der Waals surface area (Å²) in [5.41, 5.74) is 5.30. The first kappa shape index (κ1) is 20.2. The van der Waals surface area contributed by atoms with Crippen LogP contribution < -0.4 is 0 Å². The molecule has 1 N–H and O–H groups in total. The molecule has 4 rings (SSSR count). The maximum Gasteiger partial charge on any atom is 0.335 e. The van der Waals surface area contributed by atoms with Crippen molar-refractivity contribution in [2.75, 3.05) is 7.05 Å². The Morgan fingerprint density at radius 2 is 2.07 bits per heavy atom. The van der Waals surface area contributed by atoms with Gasteiger partial charge >= 0.3 is 5.97 Å². The summed E-state index contributed by atoms with van der Waals surface area (Å²) in [6, 6.07) is 5.28. The van der Waals surface area contributed by atoms with Crippen LogP contribution in [-0.4, -0.2) is 48.8 Å². The molecule has 7 heteroatoms. The number of rotatable bonds is 5. The normalized spacial score (nSPS) is 18.4. The molecule has 0 amide bonds. The summed E-state index contributed by atoms with van der Waals surface area (Å²) < 4.78 is 1.92. The number of allylic oxidation sites excluding steroid dienone is 1. The summed E-state index contributed by atoms with van der Waals surface area (Å²) in [5.74, 6) is -0.963. The van der Waals surface area contributed by atoms with E-state index in [4.69, 9.17) is 9.97 Å². The molecule has 2 heterocycles. The number of benzene rings is 1. The van der Waals surface area contributed by atoms with Crippen molar-refractivity contribution in [1.29, 1.82) is 0 Å². The van der Waals surface area contributed by atoms with Gasteiger partial charge in [0.2, 0.25) is 0 Å². The van der Waals surface area contributed by atoms with Gasteiger partial charge < -0.3 is 5.11 Å². The molecule has 0 bridgehead atoms. The summed E-state index contributed by atoms with van der Waals surface area (Å²) >= 11 is 0. The Labute approximate surface area is 176 Å². The van der Waals surface area contributed by atoms with E-state index in [0.717, 1.165) is 23.4 Å². The molecule has 0 spiro atoms. The highest BCUT2D eigenvalue weighted by Gasteiger charge is 2.34. The number of fused-ring (bicyclic) bond motifs is 2. The molecule has 1 aliphatic carbocycles. The summed E-state index contributed by atoms with van der Waals surface area (Å²) in [5, 5.41) is 13.7. The van der Waals surface area contributed by atoms with Crippen molar-refractivity contribution in [2.45, 2.75) is 45.2 Å². The highest BCUT2D eigenvalue weighted by Crippen LogP contribution is 2.37. The zero-order valence-electron chi connectivity index (χ0n) is 18.0. The molecule has 0 fully saturated rings. The number of nitrogens with zero attached hydrogens (tertiary/aromatic N) is 5. The van der Waals surface area contributed by atoms with Crippen molar-refractivity contribution in [2.24, 2.45) is 7.05 Å². The minimum absolute atomic E-state index is 0.219. The molecule has 0 aliphatic heterocycles. The van der Waals surface area contributed by atoms with E-state index in [2.05, 4.69) is 50.0 Å². The lowest BCUT2D eigenvalue weighted by Gasteiger charge is -2.32. The lowest BCUT2D eigenvalue weighted by molar-refractivity contribution is 0.0697. The molecule has 0 saturated heterocycles. The van der Waals surface area contributed by atoms with Crippen LogP contribution in [0.2, 0.25) is 0 Å². The fraction of sp³-hybridized carbons (Fsp3) is 0.391. The number of carboxylic acids is 1. The van der Waals surface area contributed by atoms with Gasteiger partial charge in [-0.2, -0.15) is 5.10 Å². The molecular formula is C23H27N5O2. The molecule has 7 nitrogen and oxygen atoms in total. The van der Waals surface area contributed by atoms with Gasteiger partial charge in [0.15, 0.2) is 0 Å². The number of hydrogen-bond acceptors (Lipinski definition) is 5. The van der Waals surface area contributed by atoms with E-state index in [-0.39, 0.29) is 11.0 Å². The van der Waals surface area contributed by atoms with Crippen LogP contribution in [0.4, 0.5) is 0 Å². The van der Waals surface area contributed by atoms with E-state index in [1.165, 1.54) is 5.69 Å². The molecule has 0 saturated carbocycles. The highest BCUT2D eigenvalue weighted by atomic mass is 16.4. The van der Waals surface area contributed by atoms with Gasteiger partial charge in [0.1, 0.15) is 0 Å². The highest BCUT2D eigenvalue weighted by molar-refractivity contribution is 5.92. The van der Waals surface area contributed by atoms with Gasteiger partial charge in [-0.25, -0.2) is 14.8 Å². The van der Waals surface area contributed by atoms with Gasteiger partial charge in [0.05, 0.1) is 34.2 Å². The average Bonchev–Trinajstić information content (AvgIpc) is 3.06. The van der Waals surface area contributed by atoms with Gasteiger partial charge in [0.25, 0.3) is 0 Å². The topological polar surface area (TPSA) is 84.1 Å². The Morgan fingerprint density at radius 1 is 1.30 bits per heavy atom. The minimum Gasteiger partial charge on any atom is -0.478 e. The SMILES string of the molecule is CC(C)N(C)Cc1nc2cc(C(=O)O)ccc2nc1C1(C)C=Cc2cnn(C)c2C1. The number of aryl methyl sites for hydroxylation is 1. The molecule has 1 unspecified atom stereocenters. The van der Waals surface area contributed by atoms with Crippen molar-refractivity contribution < 1.29 is 9.90 Å². The number of hydrogen-bond donors (Lipinski definition) is 1. The Balaban J connectivity index is 1.87. The fourth-order valence-electron chi connectivity index (χ4n) is 3.89. The van der Waals surface area contributed by atoms with E-state index in [1.54, 1.807) is 18.2 Å². The number of aromatic nitrogens is 4. The second kappa shape index (κ2) is 7.32. The Bertz CT molecular complexity index is 1160. The number of carboxylic acid groups (broad SMARTS) is 1. The Kier molecular flexibility index (Phi) is 4.94. The first-order valence-corrected chi connectivity index (χ1v) is 10.1. The number of aromatic carboxylic acids is 1. The quantitative estimate of drug-likeness (QED) is 0.700. The molecule has 3 aromatic rings. The zero-order chi connectivity index (χ0) is 21.6. The molecule has 156 valence electrons. The van der Waals surface area contributed by atoms with Crippen molar-refractivity contribution >= 4 is 23.1 Å². The second-order valence-electron chi connectivity index (χ2n) is 8.63. The van der Waals surface area contributed by atoms with Gasteiger partial charge in [-0.15, -0.1) is 0 Å². The smallest absolute Gasteiger partial charge is 0.335 e. The molecule has 2 aromatic heterocycles. The first-order valence-electron chi connectivity index (χ1n) is 10.1. The molecule has 1 aliphatic rings. The van der Waals surface area contributed by atoms with Crippen molar-refractivity contribution in [1.82, 2.24) is 24.6 Å². The van der Waals surface area contributed by atoms with Crippen molar-refractivity contribution in [3.8, 4) is 0 Å². The van der Waals surface area contributed by atoms with E-state index < -0.39 is 5.97 Å². The Morgan fingerprint density at radius 3 is 2.77 bits per heavy atom. The summed E-state index contributed by atoms with van der Waals surface area (Å²) in [6.07, 6.45) is 6.97. The summed E-state index contributed by atoms with van der Waals surface area (Å²) in [4.78, 5) is 23.5. The van der Waals surface area contributed by atoms with Gasteiger partial charge in [0, 0.05) is 42.7 Å². The van der Waals surface area contributed by atoms with Crippen LogP contribution in [0.5, 0.6) is 0 Å². The minimum atomic E-state index is -0.963. The van der Waals surface area contributed by atoms with Crippen LogP contribution >= 0.6 is 0 Å². The third kappa shape index (κ3) is 3.50. The van der Waals surface area contributed by atoms with Crippen LogP contribution in [0.15, 0.2) is 30.5 Å². The van der Waals surface area contributed by atoms with E-state index >= 15 is 0 Å². The van der Waals surface area contributed by atoms with Gasteiger partial charge in [-0.05, 0) is 39.1 Å². The van der Waals surface area contributed by atoms with Crippen LogP contribution in [0.3, 0.4) is 0 Å². The van der Waals surface area contributed by atoms with Crippen LogP contribution in [0.1, 0.15) is 53.8 Å². The predicted molar refractivity (Wildman–Crippen MR) is 116 cm³/mol. The van der Waals surface area contributed by atoms with E-state index in [1.807, 2.05) is 17.9 Å². The van der Waals surface area contributed by atoms with Crippen LogP contribution in [0.25, 0.3) is 17.1 Å². The average molecular weight is 406 g/mol. The van der Waals surface area contributed by atoms with Crippen LogP contribution in [0, 0.1) is 0 Å². The molecule has 0 radical (unpaired) electrons. The largest absolute Gasteiger partial charge is 0.478 e. The third-order valence-electron chi connectivity index (χ3n) is 6.06. The molecule has 1 aromatic carbocycles. The molecule has 1 atom stereocenters. The summed E-state index contributed by atoms with van der Waals surface area (Å²) in [6.45, 7) is 7.09. The lowest BCUT2D eigenvalue weighted by Crippen LogP contribution is -2.32. The summed E-state index contributed by atoms with van der Waals surface area (Å²) in [7, 11) is 4.03. The zero-order valence-corrected chi connectivity index (χ0v) is 18.0. The van der Waals surface area contributed by atoms with Gasteiger partial charge in [-0.3, -0.25) is 9.58 Å². The van der Waals surface area contributed by atoms with Crippen molar-refractivity contribution in [3.05, 3.63) is 58.7 Å². The fourth-order valence-corrected chi connectivity index (χ4v) is 3.89. The Hall–Kier alpha value is -3.06. The van der Waals surface area contributed by atoms with Crippen LogP contribution in [-0.2, 0) is 25.4 Å². The third-order valence-corrected chi connectivity index (χ3v) is 6.06. The lowest BCUT2D eigenvalue weighted by atomic mass is 9.76. The van der Waals surface area contributed by atoms with E-state index in [0.29, 0.717) is 23.6 Å². The first-order chi connectivity index (χ1) is 14.2.